The van der Waals surface area contributed by atoms with Crippen LogP contribution in [0.5, 0.6) is 0 Å². The van der Waals surface area contributed by atoms with Gasteiger partial charge < -0.3 is 5.73 Å². The van der Waals surface area contributed by atoms with Gasteiger partial charge in [-0.25, -0.2) is 0 Å². The Labute approximate surface area is 76.1 Å². The number of fused-ring (bicyclic) bond motifs is 1. The summed E-state index contributed by atoms with van der Waals surface area (Å²) in [7, 11) is 0. The topological polar surface area (TPSA) is 51.8 Å². The van der Waals surface area contributed by atoms with Crippen LogP contribution < -0.4 is 5.73 Å². The Balaban J connectivity index is 2.19. The quantitative estimate of drug-likeness (QED) is 0.752. The van der Waals surface area contributed by atoms with E-state index in [-0.39, 0.29) is 0 Å². The number of aromatic nitrogens is 2. The zero-order valence-corrected chi connectivity index (χ0v) is 7.81. The fourth-order valence-electron chi connectivity index (χ4n) is 1.82. The average molecular weight is 183 g/mol. The Kier molecular flexibility index (Phi) is 2.37. The molecule has 3 nitrogen and oxygen atoms in total. The Morgan fingerprint density at radius 2 is 2.50 bits per heavy atom. The fourth-order valence-corrected chi connectivity index (χ4v) is 2.68. The molecule has 2 rings (SSSR count). The van der Waals surface area contributed by atoms with Crippen molar-refractivity contribution >= 4 is 11.5 Å². The third-order valence-electron chi connectivity index (χ3n) is 2.44. The highest BCUT2D eigenvalue weighted by molar-refractivity contribution is 7.05. The van der Waals surface area contributed by atoms with Gasteiger partial charge in [0.2, 0.25) is 0 Å². The largest absolute Gasteiger partial charge is 0.330 e. The van der Waals surface area contributed by atoms with Gasteiger partial charge in [0.1, 0.15) is 0 Å². The molecule has 1 aliphatic rings. The van der Waals surface area contributed by atoms with Crippen LogP contribution in [0, 0.1) is 0 Å². The summed E-state index contributed by atoms with van der Waals surface area (Å²) in [6, 6.07) is 0. The molecule has 1 unspecified atom stereocenters. The maximum absolute atomic E-state index is 5.55. The first kappa shape index (κ1) is 8.13. The van der Waals surface area contributed by atoms with E-state index in [0.29, 0.717) is 5.92 Å². The lowest BCUT2D eigenvalue weighted by molar-refractivity contribution is 0.529. The third kappa shape index (κ3) is 1.36. The molecule has 0 aliphatic heterocycles. The van der Waals surface area contributed by atoms with E-state index in [2.05, 4.69) is 9.59 Å². The van der Waals surface area contributed by atoms with Crippen molar-refractivity contribution in [2.45, 2.75) is 31.6 Å². The highest BCUT2D eigenvalue weighted by atomic mass is 32.1. The molecule has 0 amide bonds. The number of aryl methyl sites for hydroxylation is 1. The van der Waals surface area contributed by atoms with Gasteiger partial charge >= 0.3 is 0 Å². The molecule has 1 aromatic rings. The molecule has 1 aliphatic carbocycles. The molecule has 1 aromatic heterocycles. The van der Waals surface area contributed by atoms with Gasteiger partial charge in [0.25, 0.3) is 0 Å². The second-order valence-electron chi connectivity index (χ2n) is 3.25. The van der Waals surface area contributed by atoms with Crippen LogP contribution in [0.1, 0.15) is 35.8 Å². The van der Waals surface area contributed by atoms with Crippen molar-refractivity contribution in [3.8, 4) is 0 Å². The average Bonchev–Trinajstić information content (AvgIpc) is 2.53. The number of hydrogen-bond donors (Lipinski definition) is 1. The normalized spacial score (nSPS) is 22.2. The minimum Gasteiger partial charge on any atom is -0.330 e. The molecule has 0 fully saturated rings. The number of nitrogens with zero attached hydrogens (tertiary/aromatic N) is 2. The molecule has 0 radical (unpaired) electrons. The molecule has 12 heavy (non-hydrogen) atoms. The number of hydrogen-bond acceptors (Lipinski definition) is 4. The molecule has 1 atom stereocenters. The van der Waals surface area contributed by atoms with Crippen LogP contribution in [0.15, 0.2) is 0 Å². The predicted molar refractivity (Wildman–Crippen MR) is 49.3 cm³/mol. The van der Waals surface area contributed by atoms with E-state index in [0.717, 1.165) is 19.4 Å². The van der Waals surface area contributed by atoms with Crippen LogP contribution in [0.2, 0.25) is 0 Å². The van der Waals surface area contributed by atoms with Crippen LogP contribution in [-0.2, 0) is 6.42 Å². The lowest BCUT2D eigenvalue weighted by atomic mass is 9.89. The van der Waals surface area contributed by atoms with Gasteiger partial charge in [-0.2, -0.15) is 0 Å². The summed E-state index contributed by atoms with van der Waals surface area (Å²) in [5, 5.41) is 4.12. The maximum Gasteiger partial charge on any atom is 0.0790 e. The second kappa shape index (κ2) is 3.49. The highest BCUT2D eigenvalue weighted by Gasteiger charge is 2.22. The first-order chi connectivity index (χ1) is 5.92. The Bertz CT molecular complexity index is 259. The van der Waals surface area contributed by atoms with E-state index in [1.165, 1.54) is 23.4 Å². The van der Waals surface area contributed by atoms with Crippen molar-refractivity contribution in [3.05, 3.63) is 10.6 Å². The minimum atomic E-state index is 0.652. The molecular weight excluding hydrogens is 170 g/mol. The van der Waals surface area contributed by atoms with E-state index in [4.69, 9.17) is 5.73 Å². The highest BCUT2D eigenvalue weighted by Crippen LogP contribution is 2.34. The SMILES string of the molecule is NCCC1CCCc2nnsc21. The summed E-state index contributed by atoms with van der Waals surface area (Å²) >= 11 is 1.56. The molecule has 0 saturated heterocycles. The van der Waals surface area contributed by atoms with Crippen molar-refractivity contribution in [2.24, 2.45) is 5.73 Å². The van der Waals surface area contributed by atoms with E-state index in [1.807, 2.05) is 0 Å². The molecule has 1 heterocycles. The summed E-state index contributed by atoms with van der Waals surface area (Å²) in [6.07, 6.45) is 4.74. The molecule has 0 aromatic carbocycles. The number of nitrogens with two attached hydrogens (primary N) is 1. The zero-order valence-electron chi connectivity index (χ0n) is 6.99. The zero-order chi connectivity index (χ0) is 8.39. The second-order valence-corrected chi connectivity index (χ2v) is 4.04. The van der Waals surface area contributed by atoms with Crippen LogP contribution in [0.25, 0.3) is 0 Å². The van der Waals surface area contributed by atoms with Crippen LogP contribution in [-0.4, -0.2) is 16.1 Å². The fraction of sp³-hybridized carbons (Fsp3) is 0.750. The van der Waals surface area contributed by atoms with Gasteiger partial charge in [-0.15, -0.1) is 5.10 Å². The van der Waals surface area contributed by atoms with Gasteiger partial charge in [0.15, 0.2) is 0 Å². The van der Waals surface area contributed by atoms with Gasteiger partial charge in [-0.1, -0.05) is 4.49 Å². The van der Waals surface area contributed by atoms with Crippen LogP contribution in [0.3, 0.4) is 0 Å². The van der Waals surface area contributed by atoms with Crippen molar-refractivity contribution in [1.29, 1.82) is 0 Å². The summed E-state index contributed by atoms with van der Waals surface area (Å²) in [4.78, 5) is 1.40. The lowest BCUT2D eigenvalue weighted by Gasteiger charge is -2.19. The Morgan fingerprint density at radius 1 is 1.58 bits per heavy atom. The molecule has 0 bridgehead atoms. The first-order valence-electron chi connectivity index (χ1n) is 4.43. The van der Waals surface area contributed by atoms with Gasteiger partial charge in [-0.3, -0.25) is 0 Å². The molecule has 0 spiro atoms. The predicted octanol–water partition coefficient (Wildman–Crippen LogP) is 1.31. The monoisotopic (exact) mass is 183 g/mol. The van der Waals surface area contributed by atoms with Crippen LogP contribution in [0.4, 0.5) is 0 Å². The van der Waals surface area contributed by atoms with Gasteiger partial charge in [0, 0.05) is 0 Å². The van der Waals surface area contributed by atoms with Crippen molar-refractivity contribution < 1.29 is 0 Å². The van der Waals surface area contributed by atoms with E-state index in [1.54, 1.807) is 11.5 Å². The van der Waals surface area contributed by atoms with Crippen LogP contribution >= 0.6 is 11.5 Å². The van der Waals surface area contributed by atoms with Gasteiger partial charge in [0.05, 0.1) is 10.6 Å². The summed E-state index contributed by atoms with van der Waals surface area (Å²) < 4.78 is 3.99. The molecule has 2 N–H and O–H groups in total. The minimum absolute atomic E-state index is 0.652. The third-order valence-corrected chi connectivity index (χ3v) is 3.37. The molecule has 0 saturated carbocycles. The number of rotatable bonds is 2. The maximum atomic E-state index is 5.55. The Hall–Kier alpha value is -0.480. The standard InChI is InChI=1S/C8H13N3S/c9-5-4-6-2-1-3-7-8(6)12-11-10-7/h6H,1-5,9H2. The van der Waals surface area contributed by atoms with Gasteiger partial charge in [-0.05, 0) is 49.7 Å². The van der Waals surface area contributed by atoms with Crippen molar-refractivity contribution in [2.75, 3.05) is 6.54 Å². The summed E-state index contributed by atoms with van der Waals surface area (Å²) in [5.74, 6) is 0.652. The van der Waals surface area contributed by atoms with E-state index < -0.39 is 0 Å². The first-order valence-corrected chi connectivity index (χ1v) is 5.20. The smallest absolute Gasteiger partial charge is 0.0790 e. The van der Waals surface area contributed by atoms with Crippen molar-refractivity contribution in [1.82, 2.24) is 9.59 Å². The molecular formula is C8H13N3S. The molecule has 4 heteroatoms. The van der Waals surface area contributed by atoms with Crippen molar-refractivity contribution in [3.63, 3.8) is 0 Å². The van der Waals surface area contributed by atoms with E-state index >= 15 is 0 Å². The molecule has 66 valence electrons. The lowest BCUT2D eigenvalue weighted by Crippen LogP contribution is -2.12. The summed E-state index contributed by atoms with van der Waals surface area (Å²) in [5.41, 5.74) is 6.78. The Morgan fingerprint density at radius 3 is 3.33 bits per heavy atom. The van der Waals surface area contributed by atoms with E-state index in [9.17, 15) is 0 Å². The summed E-state index contributed by atoms with van der Waals surface area (Å²) in [6.45, 7) is 0.780.